The zero-order valence-corrected chi connectivity index (χ0v) is 11.9. The number of hydrogen-bond donors (Lipinski definition) is 2. The summed E-state index contributed by atoms with van der Waals surface area (Å²) in [6.45, 7) is 3.88. The molecule has 1 aliphatic heterocycles. The molecule has 0 amide bonds. The number of ether oxygens (including phenoxy) is 1. The van der Waals surface area contributed by atoms with Crippen LogP contribution in [0.25, 0.3) is 0 Å². The molecule has 3 rings (SSSR count). The van der Waals surface area contributed by atoms with Gasteiger partial charge in [-0.2, -0.15) is 0 Å². The molecule has 1 aromatic rings. The van der Waals surface area contributed by atoms with Crippen molar-refractivity contribution in [3.63, 3.8) is 0 Å². The number of nitrogens with zero attached hydrogens (tertiary/aromatic N) is 1. The molecule has 1 fully saturated rings. The molecule has 2 N–H and O–H groups in total. The second-order valence-electron chi connectivity index (χ2n) is 5.84. The van der Waals surface area contributed by atoms with Crippen LogP contribution in [0.3, 0.4) is 0 Å². The maximum absolute atomic E-state index is 9.44. The summed E-state index contributed by atoms with van der Waals surface area (Å²) in [5, 5.41) is 12.9. The molecule has 1 unspecified atom stereocenters. The highest BCUT2D eigenvalue weighted by molar-refractivity contribution is 5.33. The number of nitrogens with one attached hydrogen (secondary N) is 1. The molecule has 20 heavy (non-hydrogen) atoms. The quantitative estimate of drug-likeness (QED) is 0.824. The van der Waals surface area contributed by atoms with Crippen molar-refractivity contribution >= 4 is 0 Å². The van der Waals surface area contributed by atoms with E-state index in [1.165, 1.54) is 18.4 Å². The van der Waals surface area contributed by atoms with Crippen molar-refractivity contribution in [2.24, 2.45) is 0 Å². The third-order valence-electron chi connectivity index (χ3n) is 4.09. The zero-order valence-electron chi connectivity index (χ0n) is 11.9. The first kappa shape index (κ1) is 13.9. The minimum absolute atomic E-state index is 0.234. The molecular formula is C16H24N2O2. The molecule has 0 bridgehead atoms. The van der Waals surface area contributed by atoms with Crippen molar-refractivity contribution < 1.29 is 9.84 Å². The van der Waals surface area contributed by atoms with Crippen molar-refractivity contribution in [3.05, 3.63) is 29.8 Å². The molecule has 110 valence electrons. The normalized spacial score (nSPS) is 20.9. The lowest BCUT2D eigenvalue weighted by atomic mass is 10.1. The molecule has 2 aliphatic rings. The third-order valence-corrected chi connectivity index (χ3v) is 4.09. The lowest BCUT2D eigenvalue weighted by molar-refractivity contribution is 0.190. The highest BCUT2D eigenvalue weighted by atomic mass is 16.5. The van der Waals surface area contributed by atoms with Gasteiger partial charge in [-0.25, -0.2) is 0 Å². The number of fused-ring (bicyclic) bond motifs is 1. The van der Waals surface area contributed by atoms with Gasteiger partial charge in [0, 0.05) is 37.3 Å². The van der Waals surface area contributed by atoms with Crippen LogP contribution in [0.4, 0.5) is 0 Å². The van der Waals surface area contributed by atoms with Gasteiger partial charge in [0.1, 0.15) is 12.4 Å². The second-order valence-corrected chi connectivity index (χ2v) is 5.84. The van der Waals surface area contributed by atoms with Crippen molar-refractivity contribution in [1.29, 1.82) is 0 Å². The molecule has 4 nitrogen and oxygen atoms in total. The Hall–Kier alpha value is -1.10. The summed E-state index contributed by atoms with van der Waals surface area (Å²) in [5.74, 6) is 1.02. The van der Waals surface area contributed by atoms with E-state index in [-0.39, 0.29) is 12.6 Å². The van der Waals surface area contributed by atoms with Gasteiger partial charge >= 0.3 is 0 Å². The van der Waals surface area contributed by atoms with Gasteiger partial charge in [0.15, 0.2) is 0 Å². The first-order valence-electron chi connectivity index (χ1n) is 7.65. The Labute approximate surface area is 120 Å². The Morgan fingerprint density at radius 2 is 2.20 bits per heavy atom. The van der Waals surface area contributed by atoms with Gasteiger partial charge in [-0.1, -0.05) is 18.2 Å². The Bertz CT molecular complexity index is 434. The van der Waals surface area contributed by atoms with Crippen LogP contribution in [0, 0.1) is 0 Å². The second kappa shape index (κ2) is 6.57. The lowest BCUT2D eigenvalue weighted by Gasteiger charge is -2.23. The summed E-state index contributed by atoms with van der Waals surface area (Å²) >= 11 is 0. The van der Waals surface area contributed by atoms with Gasteiger partial charge in [-0.05, 0) is 25.3 Å². The van der Waals surface area contributed by atoms with Gasteiger partial charge in [0.2, 0.25) is 0 Å². The van der Waals surface area contributed by atoms with Crippen LogP contribution in [0.2, 0.25) is 0 Å². The van der Waals surface area contributed by atoms with Crippen molar-refractivity contribution in [2.75, 3.05) is 26.3 Å². The number of aliphatic hydroxyl groups excluding tert-OH is 1. The predicted molar refractivity (Wildman–Crippen MR) is 78.9 cm³/mol. The summed E-state index contributed by atoms with van der Waals surface area (Å²) in [4.78, 5) is 2.42. The number of para-hydroxylation sites is 1. The van der Waals surface area contributed by atoms with Crippen LogP contribution >= 0.6 is 0 Å². The SMILES string of the molecule is OCC(CCN1CCOc2ccccc2C1)NC1CC1. The van der Waals surface area contributed by atoms with E-state index in [1.807, 2.05) is 12.1 Å². The maximum atomic E-state index is 9.44. The largest absolute Gasteiger partial charge is 0.492 e. The Balaban J connectivity index is 1.52. The number of hydrogen-bond acceptors (Lipinski definition) is 4. The van der Waals surface area contributed by atoms with Gasteiger partial charge in [-0.3, -0.25) is 4.90 Å². The molecule has 1 heterocycles. The smallest absolute Gasteiger partial charge is 0.123 e. The average Bonchev–Trinajstić information content (AvgIpc) is 3.29. The van der Waals surface area contributed by atoms with E-state index in [0.717, 1.165) is 38.4 Å². The van der Waals surface area contributed by atoms with Crippen molar-refractivity contribution in [2.45, 2.75) is 37.9 Å². The van der Waals surface area contributed by atoms with Crippen LogP contribution in [-0.2, 0) is 6.54 Å². The van der Waals surface area contributed by atoms with Crippen LogP contribution in [-0.4, -0.2) is 48.4 Å². The molecule has 0 aromatic heterocycles. The summed E-state index contributed by atoms with van der Waals surface area (Å²) in [6, 6.07) is 9.17. The van der Waals surface area contributed by atoms with Crippen molar-refractivity contribution in [3.8, 4) is 5.75 Å². The average molecular weight is 276 g/mol. The highest BCUT2D eigenvalue weighted by Crippen LogP contribution is 2.23. The fraction of sp³-hybridized carbons (Fsp3) is 0.625. The summed E-state index contributed by atoms with van der Waals surface area (Å²) in [7, 11) is 0. The van der Waals surface area contributed by atoms with Crippen molar-refractivity contribution in [1.82, 2.24) is 10.2 Å². The first-order valence-corrected chi connectivity index (χ1v) is 7.65. The number of benzene rings is 1. The van der Waals surface area contributed by atoms with Gasteiger partial charge in [0.25, 0.3) is 0 Å². The first-order chi connectivity index (χ1) is 9.85. The topological polar surface area (TPSA) is 44.7 Å². The summed E-state index contributed by atoms with van der Waals surface area (Å²) in [6.07, 6.45) is 3.53. The molecule has 1 atom stereocenters. The van der Waals surface area contributed by atoms with Crippen LogP contribution in [0.15, 0.2) is 24.3 Å². The monoisotopic (exact) mass is 276 g/mol. The van der Waals surface area contributed by atoms with E-state index in [9.17, 15) is 5.11 Å². The maximum Gasteiger partial charge on any atom is 0.123 e. The minimum atomic E-state index is 0.234. The minimum Gasteiger partial charge on any atom is -0.492 e. The Morgan fingerprint density at radius 1 is 1.35 bits per heavy atom. The standard InChI is InChI=1S/C16H24N2O2/c19-12-15(17-14-5-6-14)7-8-18-9-10-20-16-4-2-1-3-13(16)11-18/h1-4,14-15,17,19H,5-12H2. The van der Waals surface area contributed by atoms with E-state index in [4.69, 9.17) is 4.74 Å². The fourth-order valence-corrected chi connectivity index (χ4v) is 2.72. The van der Waals surface area contributed by atoms with Crippen LogP contribution < -0.4 is 10.1 Å². The molecule has 1 aromatic carbocycles. The molecule has 0 radical (unpaired) electrons. The Morgan fingerprint density at radius 3 is 3.00 bits per heavy atom. The van der Waals surface area contributed by atoms with E-state index in [0.29, 0.717) is 6.04 Å². The van der Waals surface area contributed by atoms with Crippen LogP contribution in [0.5, 0.6) is 5.75 Å². The van der Waals surface area contributed by atoms with Gasteiger partial charge in [0.05, 0.1) is 6.61 Å². The predicted octanol–water partition coefficient (Wildman–Crippen LogP) is 1.38. The zero-order chi connectivity index (χ0) is 13.8. The molecule has 4 heteroatoms. The molecular weight excluding hydrogens is 252 g/mol. The fourth-order valence-electron chi connectivity index (χ4n) is 2.72. The van der Waals surface area contributed by atoms with Crippen LogP contribution in [0.1, 0.15) is 24.8 Å². The highest BCUT2D eigenvalue weighted by Gasteiger charge is 2.24. The molecule has 0 spiro atoms. The third kappa shape index (κ3) is 3.72. The Kier molecular flexibility index (Phi) is 4.55. The lowest BCUT2D eigenvalue weighted by Crippen LogP contribution is -2.38. The summed E-state index contributed by atoms with van der Waals surface area (Å²) in [5.41, 5.74) is 1.26. The van der Waals surface area contributed by atoms with E-state index in [1.54, 1.807) is 0 Å². The van der Waals surface area contributed by atoms with E-state index < -0.39 is 0 Å². The summed E-state index contributed by atoms with van der Waals surface area (Å²) < 4.78 is 5.78. The van der Waals surface area contributed by atoms with E-state index >= 15 is 0 Å². The molecule has 1 saturated carbocycles. The van der Waals surface area contributed by atoms with Gasteiger partial charge in [-0.15, -0.1) is 0 Å². The number of aliphatic hydroxyl groups is 1. The van der Waals surface area contributed by atoms with Gasteiger partial charge < -0.3 is 15.2 Å². The molecule has 0 saturated heterocycles. The number of rotatable bonds is 6. The molecule has 1 aliphatic carbocycles. The van der Waals surface area contributed by atoms with E-state index in [2.05, 4.69) is 22.3 Å².